The van der Waals surface area contributed by atoms with Crippen LogP contribution in [0.2, 0.25) is 0 Å². The van der Waals surface area contributed by atoms with Crippen molar-refractivity contribution in [2.45, 2.75) is 20.8 Å². The molecule has 172 valence electrons. The van der Waals surface area contributed by atoms with Crippen LogP contribution in [0.4, 0.5) is 11.4 Å². The van der Waals surface area contributed by atoms with E-state index in [0.717, 1.165) is 5.69 Å². The third-order valence-corrected chi connectivity index (χ3v) is 5.15. The Morgan fingerprint density at radius 1 is 0.906 bits per heavy atom. The number of hydrogen-bond acceptors (Lipinski definition) is 7. The number of benzene rings is 2. The second-order valence-corrected chi connectivity index (χ2v) is 7.15. The van der Waals surface area contributed by atoms with Crippen molar-refractivity contribution >= 4 is 17.3 Å². The van der Waals surface area contributed by atoms with Gasteiger partial charge in [-0.2, -0.15) is 0 Å². The highest BCUT2D eigenvalue weighted by Crippen LogP contribution is 2.39. The van der Waals surface area contributed by atoms with Crippen molar-refractivity contribution < 1.29 is 23.9 Å². The van der Waals surface area contributed by atoms with Gasteiger partial charge in [-0.15, -0.1) is 0 Å². The van der Waals surface area contributed by atoms with E-state index < -0.39 is 4.92 Å². The number of hydrogen-bond donors (Lipinski definition) is 0. The summed E-state index contributed by atoms with van der Waals surface area (Å²) in [5.41, 5.74) is 1.46. The predicted molar refractivity (Wildman–Crippen MR) is 121 cm³/mol. The monoisotopic (exact) mass is 443 g/mol. The summed E-state index contributed by atoms with van der Waals surface area (Å²) in [7, 11) is 0. The lowest BCUT2D eigenvalue weighted by Crippen LogP contribution is -2.48. The van der Waals surface area contributed by atoms with Gasteiger partial charge in [0.1, 0.15) is 0 Å². The van der Waals surface area contributed by atoms with Crippen LogP contribution in [-0.4, -0.2) is 61.7 Å². The second kappa shape index (κ2) is 10.7. The molecule has 2 aromatic carbocycles. The van der Waals surface area contributed by atoms with Gasteiger partial charge in [-0.25, -0.2) is 0 Å². The van der Waals surface area contributed by atoms with Crippen molar-refractivity contribution in [2.24, 2.45) is 0 Å². The highest BCUT2D eigenvalue weighted by Gasteiger charge is 2.25. The molecule has 0 radical (unpaired) electrons. The average Bonchev–Trinajstić information content (AvgIpc) is 2.81. The molecule has 9 heteroatoms. The molecule has 9 nitrogen and oxygen atoms in total. The molecule has 0 unspecified atom stereocenters. The Kier molecular flexibility index (Phi) is 7.75. The summed E-state index contributed by atoms with van der Waals surface area (Å²) in [6, 6.07) is 9.90. The molecule has 0 saturated carbocycles. The van der Waals surface area contributed by atoms with Gasteiger partial charge in [-0.05, 0) is 45.0 Å². The van der Waals surface area contributed by atoms with E-state index in [1.807, 2.05) is 20.8 Å². The number of nitro benzene ring substituents is 1. The molecule has 0 bridgehead atoms. The van der Waals surface area contributed by atoms with E-state index in [0.29, 0.717) is 68.8 Å². The number of nitrogens with zero attached hydrogens (tertiary/aromatic N) is 3. The van der Waals surface area contributed by atoms with Gasteiger partial charge in [0.2, 0.25) is 5.75 Å². The van der Waals surface area contributed by atoms with Crippen LogP contribution >= 0.6 is 0 Å². The molecule has 32 heavy (non-hydrogen) atoms. The van der Waals surface area contributed by atoms with E-state index in [-0.39, 0.29) is 11.6 Å². The van der Waals surface area contributed by atoms with Gasteiger partial charge in [-0.3, -0.25) is 14.9 Å². The normalized spacial score (nSPS) is 13.6. The zero-order valence-electron chi connectivity index (χ0n) is 18.7. The summed E-state index contributed by atoms with van der Waals surface area (Å²) in [5, 5.41) is 10.9. The lowest BCUT2D eigenvalue weighted by atomic mass is 10.1. The zero-order chi connectivity index (χ0) is 23.1. The summed E-state index contributed by atoms with van der Waals surface area (Å²) < 4.78 is 17.2. The Balaban J connectivity index is 1.74. The molecule has 1 aliphatic rings. The van der Waals surface area contributed by atoms with Crippen LogP contribution in [0.15, 0.2) is 36.4 Å². The number of rotatable bonds is 9. The van der Waals surface area contributed by atoms with E-state index in [2.05, 4.69) is 4.90 Å². The lowest BCUT2D eigenvalue weighted by Gasteiger charge is -2.36. The van der Waals surface area contributed by atoms with Crippen molar-refractivity contribution in [3.63, 3.8) is 0 Å². The number of nitro groups is 1. The first-order valence-corrected chi connectivity index (χ1v) is 10.8. The van der Waals surface area contributed by atoms with Gasteiger partial charge in [0.05, 0.1) is 24.7 Å². The minimum Gasteiger partial charge on any atom is -0.490 e. The number of non-ortho nitro benzene ring substituents is 1. The maximum atomic E-state index is 13.2. The molecule has 0 N–H and O–H groups in total. The molecular weight excluding hydrogens is 414 g/mol. The minimum atomic E-state index is -0.412. The van der Waals surface area contributed by atoms with Crippen LogP contribution in [0.5, 0.6) is 17.2 Å². The SMILES string of the molecule is CCOc1cc(C(=O)N2CCN(c3ccc([N+](=O)[O-])cc3)CC2)cc(OCC)c1OCC. The van der Waals surface area contributed by atoms with Gasteiger partial charge in [0.25, 0.3) is 11.6 Å². The molecule has 1 saturated heterocycles. The van der Waals surface area contributed by atoms with Crippen molar-refractivity contribution in [3.05, 3.63) is 52.1 Å². The zero-order valence-corrected chi connectivity index (χ0v) is 18.7. The largest absolute Gasteiger partial charge is 0.490 e. The molecule has 0 spiro atoms. The molecule has 0 aromatic heterocycles. The van der Waals surface area contributed by atoms with Crippen molar-refractivity contribution in [3.8, 4) is 17.2 Å². The third kappa shape index (κ3) is 5.22. The van der Waals surface area contributed by atoms with Crippen molar-refractivity contribution in [1.82, 2.24) is 4.90 Å². The topological polar surface area (TPSA) is 94.4 Å². The number of ether oxygens (including phenoxy) is 3. The Morgan fingerprint density at radius 2 is 1.44 bits per heavy atom. The predicted octanol–water partition coefficient (Wildman–Crippen LogP) is 3.75. The summed E-state index contributed by atoms with van der Waals surface area (Å²) in [4.78, 5) is 27.6. The lowest BCUT2D eigenvalue weighted by molar-refractivity contribution is -0.384. The molecule has 1 heterocycles. The molecule has 1 amide bonds. The first-order valence-electron chi connectivity index (χ1n) is 10.8. The molecule has 0 aliphatic carbocycles. The fourth-order valence-electron chi connectivity index (χ4n) is 3.65. The first kappa shape index (κ1) is 23.2. The van der Waals surface area contributed by atoms with Crippen LogP contribution < -0.4 is 19.1 Å². The molecule has 1 fully saturated rings. The van der Waals surface area contributed by atoms with Gasteiger partial charge < -0.3 is 24.0 Å². The Bertz CT molecular complexity index is 912. The quantitative estimate of drug-likeness (QED) is 0.430. The summed E-state index contributed by atoms with van der Waals surface area (Å²) in [6.07, 6.45) is 0. The summed E-state index contributed by atoms with van der Waals surface area (Å²) in [6.45, 7) is 9.33. The van der Waals surface area contributed by atoms with Crippen molar-refractivity contribution in [2.75, 3.05) is 50.9 Å². The highest BCUT2D eigenvalue weighted by atomic mass is 16.6. The summed E-state index contributed by atoms with van der Waals surface area (Å²) >= 11 is 0. The van der Waals surface area contributed by atoms with E-state index in [1.165, 1.54) is 12.1 Å². The standard InChI is InChI=1S/C23H29N3O6/c1-4-30-20-15-17(16-21(31-5-2)22(20)32-6-3)23(27)25-13-11-24(12-14-25)18-7-9-19(10-8-18)26(28)29/h7-10,15-16H,4-6,11-14H2,1-3H3. The number of anilines is 1. The van der Waals surface area contributed by atoms with Gasteiger partial charge >= 0.3 is 0 Å². The Morgan fingerprint density at radius 3 is 1.91 bits per heavy atom. The van der Waals surface area contributed by atoms with Gasteiger partial charge in [0.15, 0.2) is 11.5 Å². The Labute approximate surface area is 187 Å². The van der Waals surface area contributed by atoms with Crippen molar-refractivity contribution in [1.29, 1.82) is 0 Å². The van der Waals surface area contributed by atoms with Crippen LogP contribution in [0.25, 0.3) is 0 Å². The molecule has 0 atom stereocenters. The maximum Gasteiger partial charge on any atom is 0.269 e. The van der Waals surface area contributed by atoms with E-state index >= 15 is 0 Å². The smallest absolute Gasteiger partial charge is 0.269 e. The molecular formula is C23H29N3O6. The van der Waals surface area contributed by atoms with Crippen LogP contribution in [0, 0.1) is 10.1 Å². The van der Waals surface area contributed by atoms with Crippen LogP contribution in [0.3, 0.4) is 0 Å². The van der Waals surface area contributed by atoms with Gasteiger partial charge in [0, 0.05) is 49.6 Å². The fourth-order valence-corrected chi connectivity index (χ4v) is 3.65. The van der Waals surface area contributed by atoms with Crippen LogP contribution in [-0.2, 0) is 0 Å². The Hall–Kier alpha value is -3.49. The summed E-state index contributed by atoms with van der Waals surface area (Å²) in [5.74, 6) is 1.40. The fraction of sp³-hybridized carbons (Fsp3) is 0.435. The van der Waals surface area contributed by atoms with E-state index in [1.54, 1.807) is 29.2 Å². The highest BCUT2D eigenvalue weighted by molar-refractivity contribution is 5.96. The average molecular weight is 444 g/mol. The van der Waals surface area contributed by atoms with Gasteiger partial charge in [-0.1, -0.05) is 0 Å². The third-order valence-electron chi connectivity index (χ3n) is 5.15. The second-order valence-electron chi connectivity index (χ2n) is 7.15. The first-order chi connectivity index (χ1) is 15.5. The van der Waals surface area contributed by atoms with E-state index in [9.17, 15) is 14.9 Å². The van der Waals surface area contributed by atoms with Crippen LogP contribution in [0.1, 0.15) is 31.1 Å². The number of carbonyl (C=O) groups is 1. The number of piperazine rings is 1. The van der Waals surface area contributed by atoms with E-state index in [4.69, 9.17) is 14.2 Å². The molecule has 3 rings (SSSR count). The maximum absolute atomic E-state index is 13.2. The minimum absolute atomic E-state index is 0.0632. The number of amides is 1. The number of carbonyl (C=O) groups excluding carboxylic acids is 1. The molecule has 2 aromatic rings. The molecule has 1 aliphatic heterocycles.